The highest BCUT2D eigenvalue weighted by molar-refractivity contribution is 7.18. The Kier molecular flexibility index (Phi) is 5.27. The molecule has 3 N–H and O–H groups in total. The number of hydrogen-bond acceptors (Lipinski definition) is 9. The molecule has 0 bridgehead atoms. The van der Waals surface area contributed by atoms with E-state index in [9.17, 15) is 0 Å². The average molecular weight is 398 g/mol. The van der Waals surface area contributed by atoms with E-state index in [4.69, 9.17) is 15.2 Å². The van der Waals surface area contributed by atoms with Crippen molar-refractivity contribution < 1.29 is 9.47 Å². The number of aromatic nitrogens is 3. The molecule has 0 radical (unpaired) electrons. The third-order valence-corrected chi connectivity index (χ3v) is 5.50. The topological polar surface area (TPSA) is 98.4 Å². The summed E-state index contributed by atoms with van der Waals surface area (Å²) in [5, 5.41) is 3.78. The van der Waals surface area contributed by atoms with Crippen LogP contribution >= 0.6 is 11.3 Å². The molecule has 0 saturated carbocycles. The zero-order chi connectivity index (χ0) is 19.5. The van der Waals surface area contributed by atoms with Gasteiger partial charge in [-0.1, -0.05) is 11.3 Å². The summed E-state index contributed by atoms with van der Waals surface area (Å²) in [5.41, 5.74) is 9.38. The van der Waals surface area contributed by atoms with Crippen molar-refractivity contribution in [2.75, 3.05) is 49.4 Å². The lowest BCUT2D eigenvalue weighted by atomic mass is 10.2. The molecule has 2 aromatic heterocycles. The van der Waals surface area contributed by atoms with Crippen molar-refractivity contribution >= 4 is 33.8 Å². The lowest BCUT2D eigenvalue weighted by Gasteiger charge is -2.30. The Hall–Kier alpha value is -2.91. The number of ether oxygens (including phenoxy) is 2. The number of nitrogen functional groups attached to an aromatic ring is 1. The first-order valence-corrected chi connectivity index (χ1v) is 9.80. The average Bonchev–Trinajstić information content (AvgIpc) is 3.07. The van der Waals surface area contributed by atoms with Gasteiger partial charge in [0.1, 0.15) is 5.75 Å². The Morgan fingerprint density at radius 2 is 2.04 bits per heavy atom. The van der Waals surface area contributed by atoms with E-state index in [2.05, 4.69) is 25.2 Å². The number of benzene rings is 1. The molecule has 0 amide bonds. The van der Waals surface area contributed by atoms with Crippen molar-refractivity contribution in [1.29, 1.82) is 0 Å². The van der Waals surface area contributed by atoms with E-state index < -0.39 is 0 Å². The highest BCUT2D eigenvalue weighted by atomic mass is 32.1. The third-order valence-electron chi connectivity index (χ3n) is 4.49. The molecule has 1 saturated heterocycles. The highest BCUT2D eigenvalue weighted by Crippen LogP contribution is 2.33. The highest BCUT2D eigenvalue weighted by Gasteiger charge is 2.16. The molecular formula is C19H22N6O2S. The van der Waals surface area contributed by atoms with Crippen LogP contribution < -0.4 is 20.7 Å². The number of aryl methyl sites for hydroxylation is 1. The monoisotopic (exact) mass is 398 g/mol. The fourth-order valence-electron chi connectivity index (χ4n) is 3.15. The number of hydrogen-bond donors (Lipinski definition) is 2. The molecule has 1 aliphatic heterocycles. The first-order valence-electron chi connectivity index (χ1n) is 8.98. The maximum absolute atomic E-state index is 5.81. The molecule has 0 atom stereocenters. The standard InChI is InChI=1S/C19H22N6O2S/c1-12-17(28-18(20)22-12)14-5-6-21-19(24-14)23-13-3-4-15(16(11-13)26-2)25-7-9-27-10-8-25/h3-6,11H,7-10H2,1-2H3,(H2,20,22)(H,21,23,24). The summed E-state index contributed by atoms with van der Waals surface area (Å²) in [4.78, 5) is 16.4. The Balaban J connectivity index is 1.57. The lowest BCUT2D eigenvalue weighted by Crippen LogP contribution is -2.36. The van der Waals surface area contributed by atoms with Gasteiger partial charge < -0.3 is 25.4 Å². The summed E-state index contributed by atoms with van der Waals surface area (Å²) in [6.07, 6.45) is 1.72. The van der Waals surface area contributed by atoms with E-state index in [1.807, 2.05) is 31.2 Å². The largest absolute Gasteiger partial charge is 0.495 e. The van der Waals surface area contributed by atoms with Gasteiger partial charge in [-0.2, -0.15) is 0 Å². The van der Waals surface area contributed by atoms with Crippen molar-refractivity contribution in [3.63, 3.8) is 0 Å². The summed E-state index contributed by atoms with van der Waals surface area (Å²) in [5.74, 6) is 1.30. The molecule has 146 valence electrons. The van der Waals surface area contributed by atoms with Crippen molar-refractivity contribution in [2.45, 2.75) is 6.92 Å². The summed E-state index contributed by atoms with van der Waals surface area (Å²) in [6, 6.07) is 7.85. The maximum Gasteiger partial charge on any atom is 0.227 e. The van der Waals surface area contributed by atoms with E-state index in [0.29, 0.717) is 11.1 Å². The smallest absolute Gasteiger partial charge is 0.227 e. The Labute approximate surface area is 167 Å². The van der Waals surface area contributed by atoms with Crippen LogP contribution in [-0.2, 0) is 4.74 Å². The fraction of sp³-hybridized carbons (Fsp3) is 0.316. The molecule has 1 aliphatic rings. The van der Waals surface area contributed by atoms with Gasteiger partial charge in [0.2, 0.25) is 5.95 Å². The van der Waals surface area contributed by atoms with Crippen molar-refractivity contribution in [2.24, 2.45) is 0 Å². The Morgan fingerprint density at radius 3 is 2.75 bits per heavy atom. The van der Waals surface area contributed by atoms with Gasteiger partial charge >= 0.3 is 0 Å². The second-order valence-electron chi connectivity index (χ2n) is 6.34. The zero-order valence-corrected chi connectivity index (χ0v) is 16.6. The van der Waals surface area contributed by atoms with Crippen LogP contribution in [0.25, 0.3) is 10.6 Å². The molecular weight excluding hydrogens is 376 g/mol. The number of nitrogens with one attached hydrogen (secondary N) is 1. The Bertz CT molecular complexity index is 971. The van der Waals surface area contributed by atoms with Gasteiger partial charge in [-0.15, -0.1) is 0 Å². The minimum Gasteiger partial charge on any atom is -0.495 e. The molecule has 3 aromatic rings. The van der Waals surface area contributed by atoms with Crippen LogP contribution in [0.2, 0.25) is 0 Å². The van der Waals surface area contributed by atoms with Gasteiger partial charge in [0.25, 0.3) is 0 Å². The number of nitrogens with zero attached hydrogens (tertiary/aromatic N) is 4. The summed E-state index contributed by atoms with van der Waals surface area (Å²) < 4.78 is 11.0. The molecule has 0 aliphatic carbocycles. The number of thiazole rings is 1. The van der Waals surface area contributed by atoms with Crippen LogP contribution in [0, 0.1) is 6.92 Å². The lowest BCUT2D eigenvalue weighted by molar-refractivity contribution is 0.122. The number of anilines is 4. The van der Waals surface area contributed by atoms with Crippen molar-refractivity contribution in [3.05, 3.63) is 36.2 Å². The van der Waals surface area contributed by atoms with Crippen LogP contribution in [0.5, 0.6) is 5.75 Å². The number of morpholine rings is 1. The Morgan fingerprint density at radius 1 is 1.21 bits per heavy atom. The zero-order valence-electron chi connectivity index (χ0n) is 15.8. The molecule has 1 fully saturated rings. The molecule has 4 rings (SSSR count). The molecule has 8 nitrogen and oxygen atoms in total. The first-order chi connectivity index (χ1) is 13.6. The van der Waals surface area contributed by atoms with Gasteiger partial charge in [-0.3, -0.25) is 0 Å². The van der Waals surface area contributed by atoms with E-state index in [-0.39, 0.29) is 0 Å². The predicted octanol–water partition coefficient (Wildman–Crippen LogP) is 3.08. The van der Waals surface area contributed by atoms with E-state index >= 15 is 0 Å². The third kappa shape index (κ3) is 3.85. The van der Waals surface area contributed by atoms with Gasteiger partial charge in [-0.25, -0.2) is 15.0 Å². The van der Waals surface area contributed by atoms with Crippen molar-refractivity contribution in [3.8, 4) is 16.3 Å². The normalized spacial score (nSPS) is 14.1. The van der Waals surface area contributed by atoms with Crippen LogP contribution in [0.1, 0.15) is 5.69 Å². The summed E-state index contributed by atoms with van der Waals surface area (Å²) >= 11 is 1.42. The molecule has 0 spiro atoms. The second kappa shape index (κ2) is 7.99. The van der Waals surface area contributed by atoms with E-state index in [0.717, 1.165) is 59.7 Å². The van der Waals surface area contributed by atoms with Gasteiger partial charge in [0.15, 0.2) is 5.13 Å². The summed E-state index contributed by atoms with van der Waals surface area (Å²) in [7, 11) is 1.68. The number of nitrogens with two attached hydrogens (primary N) is 1. The first kappa shape index (κ1) is 18.5. The second-order valence-corrected chi connectivity index (χ2v) is 7.37. The van der Waals surface area contributed by atoms with Crippen molar-refractivity contribution in [1.82, 2.24) is 15.0 Å². The molecule has 9 heteroatoms. The van der Waals surface area contributed by atoms with Crippen LogP contribution in [-0.4, -0.2) is 48.4 Å². The number of rotatable bonds is 5. The quantitative estimate of drug-likeness (QED) is 0.677. The minimum atomic E-state index is 0.505. The summed E-state index contributed by atoms with van der Waals surface area (Å²) in [6.45, 7) is 5.08. The molecule has 1 aromatic carbocycles. The molecule has 28 heavy (non-hydrogen) atoms. The van der Waals surface area contributed by atoms with Gasteiger partial charge in [0.05, 0.1) is 42.3 Å². The van der Waals surface area contributed by atoms with E-state index in [1.165, 1.54) is 11.3 Å². The SMILES string of the molecule is COc1cc(Nc2nccc(-c3sc(N)nc3C)n2)ccc1N1CCOCC1. The van der Waals surface area contributed by atoms with Crippen LogP contribution in [0.3, 0.4) is 0 Å². The van der Waals surface area contributed by atoms with E-state index in [1.54, 1.807) is 13.3 Å². The predicted molar refractivity (Wildman–Crippen MR) is 112 cm³/mol. The minimum absolute atomic E-state index is 0.505. The number of methoxy groups -OCH3 is 1. The van der Waals surface area contributed by atoms with Crippen LogP contribution in [0.4, 0.5) is 22.5 Å². The molecule has 0 unspecified atom stereocenters. The fourth-order valence-corrected chi connectivity index (χ4v) is 3.95. The maximum atomic E-state index is 5.81. The molecule has 3 heterocycles. The van der Waals surface area contributed by atoms with Gasteiger partial charge in [-0.05, 0) is 25.1 Å². The van der Waals surface area contributed by atoms with Gasteiger partial charge in [0, 0.05) is 31.0 Å². The van der Waals surface area contributed by atoms with Crippen LogP contribution in [0.15, 0.2) is 30.5 Å².